The summed E-state index contributed by atoms with van der Waals surface area (Å²) in [7, 11) is 0. The molecule has 0 spiro atoms. The first-order chi connectivity index (χ1) is 8.26. The molecule has 2 aliphatic rings. The quantitative estimate of drug-likeness (QED) is 0.801. The summed E-state index contributed by atoms with van der Waals surface area (Å²) in [6.45, 7) is 8.35. The molecule has 0 aromatic carbocycles. The highest BCUT2D eigenvalue weighted by Crippen LogP contribution is 2.34. The molecule has 0 amide bonds. The Labute approximate surface area is 105 Å². The lowest BCUT2D eigenvalue weighted by Gasteiger charge is -2.41. The average molecular weight is 241 g/mol. The molecule has 100 valence electrons. The molecule has 0 aromatic rings. The standard InChI is InChI=1S/C14H27NO2/c1-3-8-15-13(12-6-4-9-16-11-12)14(2)7-5-10-17-14/h12-13,15H,3-11H2,1-2H3. The van der Waals surface area contributed by atoms with Gasteiger partial charge in [0.15, 0.2) is 0 Å². The van der Waals surface area contributed by atoms with Gasteiger partial charge in [-0.3, -0.25) is 0 Å². The number of hydrogen-bond donors (Lipinski definition) is 1. The number of rotatable bonds is 5. The predicted molar refractivity (Wildman–Crippen MR) is 69.2 cm³/mol. The fourth-order valence-electron chi connectivity index (χ4n) is 3.26. The molecule has 2 rings (SSSR count). The lowest BCUT2D eigenvalue weighted by atomic mass is 9.81. The van der Waals surface area contributed by atoms with E-state index in [1.54, 1.807) is 0 Å². The first kappa shape index (κ1) is 13.3. The molecule has 2 saturated heterocycles. The Morgan fingerprint density at radius 2 is 2.24 bits per heavy atom. The van der Waals surface area contributed by atoms with Crippen LogP contribution >= 0.6 is 0 Å². The van der Waals surface area contributed by atoms with Gasteiger partial charge in [0.05, 0.1) is 12.2 Å². The second-order valence-electron chi connectivity index (χ2n) is 5.67. The highest BCUT2D eigenvalue weighted by atomic mass is 16.5. The van der Waals surface area contributed by atoms with E-state index in [9.17, 15) is 0 Å². The van der Waals surface area contributed by atoms with Crippen molar-refractivity contribution in [3.05, 3.63) is 0 Å². The van der Waals surface area contributed by atoms with Crippen LogP contribution < -0.4 is 5.32 Å². The molecule has 3 heteroatoms. The van der Waals surface area contributed by atoms with Crippen LogP contribution in [0.15, 0.2) is 0 Å². The van der Waals surface area contributed by atoms with E-state index in [0.717, 1.165) is 26.4 Å². The molecule has 2 aliphatic heterocycles. The topological polar surface area (TPSA) is 30.5 Å². The van der Waals surface area contributed by atoms with Crippen molar-refractivity contribution in [1.82, 2.24) is 5.32 Å². The van der Waals surface area contributed by atoms with E-state index in [0.29, 0.717) is 12.0 Å². The fraction of sp³-hybridized carbons (Fsp3) is 1.00. The molecule has 3 atom stereocenters. The highest BCUT2D eigenvalue weighted by molar-refractivity contribution is 4.97. The van der Waals surface area contributed by atoms with Crippen LogP contribution in [-0.4, -0.2) is 38.0 Å². The van der Waals surface area contributed by atoms with Crippen molar-refractivity contribution in [2.45, 2.75) is 57.6 Å². The molecule has 2 fully saturated rings. The number of hydrogen-bond acceptors (Lipinski definition) is 3. The van der Waals surface area contributed by atoms with Crippen LogP contribution in [0.4, 0.5) is 0 Å². The lowest BCUT2D eigenvalue weighted by Crippen LogP contribution is -2.54. The highest BCUT2D eigenvalue weighted by Gasteiger charge is 2.42. The second-order valence-corrected chi connectivity index (χ2v) is 5.67. The van der Waals surface area contributed by atoms with Gasteiger partial charge in [-0.1, -0.05) is 6.92 Å². The number of nitrogens with one attached hydrogen (secondary N) is 1. The Morgan fingerprint density at radius 3 is 2.82 bits per heavy atom. The summed E-state index contributed by atoms with van der Waals surface area (Å²) in [6.07, 6.45) is 6.05. The molecule has 0 bridgehead atoms. The summed E-state index contributed by atoms with van der Waals surface area (Å²) in [4.78, 5) is 0. The van der Waals surface area contributed by atoms with E-state index in [4.69, 9.17) is 9.47 Å². The fourth-order valence-corrected chi connectivity index (χ4v) is 3.26. The van der Waals surface area contributed by atoms with Gasteiger partial charge in [-0.15, -0.1) is 0 Å². The maximum Gasteiger partial charge on any atom is 0.0811 e. The molecule has 3 nitrogen and oxygen atoms in total. The van der Waals surface area contributed by atoms with Crippen molar-refractivity contribution >= 4 is 0 Å². The predicted octanol–water partition coefficient (Wildman–Crippen LogP) is 2.35. The molecule has 0 aromatic heterocycles. The van der Waals surface area contributed by atoms with Gasteiger partial charge >= 0.3 is 0 Å². The van der Waals surface area contributed by atoms with Crippen LogP contribution in [0.1, 0.15) is 46.0 Å². The monoisotopic (exact) mass is 241 g/mol. The Bertz CT molecular complexity index is 220. The first-order valence-corrected chi connectivity index (χ1v) is 7.21. The van der Waals surface area contributed by atoms with Gasteiger partial charge in [-0.2, -0.15) is 0 Å². The van der Waals surface area contributed by atoms with E-state index in [1.165, 1.54) is 32.1 Å². The third kappa shape index (κ3) is 3.21. The van der Waals surface area contributed by atoms with E-state index in [1.807, 2.05) is 0 Å². The molecular formula is C14H27NO2. The second kappa shape index (κ2) is 6.17. The minimum Gasteiger partial charge on any atom is -0.381 e. The summed E-state index contributed by atoms with van der Waals surface area (Å²) in [5.41, 5.74) is 0.0283. The van der Waals surface area contributed by atoms with Gasteiger partial charge < -0.3 is 14.8 Å². The van der Waals surface area contributed by atoms with Crippen LogP contribution in [0.25, 0.3) is 0 Å². The Kier molecular flexibility index (Phi) is 4.83. The third-order valence-corrected chi connectivity index (χ3v) is 4.19. The zero-order valence-electron chi connectivity index (χ0n) is 11.3. The lowest BCUT2D eigenvalue weighted by molar-refractivity contribution is -0.0567. The summed E-state index contributed by atoms with van der Waals surface area (Å²) >= 11 is 0. The Morgan fingerprint density at radius 1 is 1.35 bits per heavy atom. The van der Waals surface area contributed by atoms with Gasteiger partial charge in [0.2, 0.25) is 0 Å². The van der Waals surface area contributed by atoms with E-state index < -0.39 is 0 Å². The van der Waals surface area contributed by atoms with Crippen LogP contribution in [0.2, 0.25) is 0 Å². The molecule has 2 heterocycles. The first-order valence-electron chi connectivity index (χ1n) is 7.21. The Balaban J connectivity index is 2.00. The van der Waals surface area contributed by atoms with Gasteiger partial charge in [-0.25, -0.2) is 0 Å². The summed E-state index contributed by atoms with van der Waals surface area (Å²) < 4.78 is 11.7. The largest absolute Gasteiger partial charge is 0.381 e. The van der Waals surface area contributed by atoms with Crippen molar-refractivity contribution in [3.8, 4) is 0 Å². The van der Waals surface area contributed by atoms with E-state index in [-0.39, 0.29) is 5.60 Å². The molecular weight excluding hydrogens is 214 g/mol. The minimum absolute atomic E-state index is 0.0283. The summed E-state index contributed by atoms with van der Waals surface area (Å²) in [5, 5.41) is 3.72. The smallest absolute Gasteiger partial charge is 0.0811 e. The number of ether oxygens (including phenoxy) is 2. The van der Waals surface area contributed by atoms with Crippen molar-refractivity contribution < 1.29 is 9.47 Å². The zero-order chi connectivity index (χ0) is 12.1. The van der Waals surface area contributed by atoms with Gasteiger partial charge in [0.1, 0.15) is 0 Å². The van der Waals surface area contributed by atoms with Crippen molar-refractivity contribution in [1.29, 1.82) is 0 Å². The molecule has 0 radical (unpaired) electrons. The molecule has 1 N–H and O–H groups in total. The average Bonchev–Trinajstić information content (AvgIpc) is 2.79. The van der Waals surface area contributed by atoms with Gasteiger partial charge in [-0.05, 0) is 45.6 Å². The zero-order valence-corrected chi connectivity index (χ0v) is 11.3. The van der Waals surface area contributed by atoms with Gasteiger partial charge in [0, 0.05) is 25.2 Å². The van der Waals surface area contributed by atoms with Crippen molar-refractivity contribution in [3.63, 3.8) is 0 Å². The molecule has 0 saturated carbocycles. The maximum atomic E-state index is 6.03. The normalized spacial score (nSPS) is 36.0. The van der Waals surface area contributed by atoms with Crippen molar-refractivity contribution in [2.24, 2.45) is 5.92 Å². The van der Waals surface area contributed by atoms with Crippen LogP contribution in [0, 0.1) is 5.92 Å². The SMILES string of the molecule is CCCNC(C1CCCOC1)C1(C)CCCO1. The molecule has 17 heavy (non-hydrogen) atoms. The third-order valence-electron chi connectivity index (χ3n) is 4.19. The summed E-state index contributed by atoms with van der Waals surface area (Å²) in [5.74, 6) is 0.624. The van der Waals surface area contributed by atoms with Crippen LogP contribution in [-0.2, 0) is 9.47 Å². The molecule has 3 unspecified atom stereocenters. The summed E-state index contributed by atoms with van der Waals surface area (Å²) in [6, 6.07) is 0.463. The minimum atomic E-state index is 0.0283. The van der Waals surface area contributed by atoms with Crippen LogP contribution in [0.3, 0.4) is 0 Å². The van der Waals surface area contributed by atoms with Crippen LogP contribution in [0.5, 0.6) is 0 Å². The Hall–Kier alpha value is -0.120. The van der Waals surface area contributed by atoms with E-state index in [2.05, 4.69) is 19.2 Å². The maximum absolute atomic E-state index is 6.03. The van der Waals surface area contributed by atoms with Crippen molar-refractivity contribution in [2.75, 3.05) is 26.4 Å². The van der Waals surface area contributed by atoms with E-state index >= 15 is 0 Å². The molecule has 0 aliphatic carbocycles. The van der Waals surface area contributed by atoms with Gasteiger partial charge in [0.25, 0.3) is 0 Å².